The molecule has 0 aliphatic rings. The maximum Gasteiger partial charge on any atom is 0.266 e. The molecule has 0 atom stereocenters. The zero-order valence-electron chi connectivity index (χ0n) is 16.7. The number of amides is 1. The van der Waals surface area contributed by atoms with E-state index in [0.29, 0.717) is 27.2 Å². The standard InChI is InChI=1S/C22H27N3O2S/c1-4-5-6-7-10-13-25-14-23-21-18(22(25)27)16(3)19(28-21)20(26)24-17-12-9-8-11-15(17)2/h8-9,11-12,14H,4-7,10,13H2,1-3H3,(H,24,26). The van der Waals surface area contributed by atoms with Crippen molar-refractivity contribution in [2.75, 3.05) is 5.32 Å². The van der Waals surface area contributed by atoms with Gasteiger partial charge in [-0.1, -0.05) is 50.8 Å². The van der Waals surface area contributed by atoms with Crippen LogP contribution < -0.4 is 10.9 Å². The number of rotatable bonds is 8. The van der Waals surface area contributed by atoms with E-state index < -0.39 is 0 Å². The van der Waals surface area contributed by atoms with Crippen LogP contribution in [0.2, 0.25) is 0 Å². The largest absolute Gasteiger partial charge is 0.321 e. The van der Waals surface area contributed by atoms with Crippen LogP contribution in [0.4, 0.5) is 5.69 Å². The summed E-state index contributed by atoms with van der Waals surface area (Å²) in [7, 11) is 0. The average molecular weight is 398 g/mol. The number of aromatic nitrogens is 2. The molecule has 0 spiro atoms. The molecule has 1 aromatic carbocycles. The Morgan fingerprint density at radius 2 is 1.89 bits per heavy atom. The third-order valence-corrected chi connectivity index (χ3v) is 6.22. The highest BCUT2D eigenvalue weighted by atomic mass is 32.1. The molecule has 0 saturated carbocycles. The Morgan fingerprint density at radius 1 is 1.14 bits per heavy atom. The summed E-state index contributed by atoms with van der Waals surface area (Å²) in [6.45, 7) is 6.65. The van der Waals surface area contributed by atoms with E-state index in [0.717, 1.165) is 24.1 Å². The van der Waals surface area contributed by atoms with Gasteiger partial charge >= 0.3 is 0 Å². The number of thiophene rings is 1. The molecule has 0 radical (unpaired) electrons. The van der Waals surface area contributed by atoms with Crippen LogP contribution in [0.5, 0.6) is 0 Å². The lowest BCUT2D eigenvalue weighted by atomic mass is 10.1. The summed E-state index contributed by atoms with van der Waals surface area (Å²) >= 11 is 1.28. The van der Waals surface area contributed by atoms with Gasteiger partial charge in [0.2, 0.25) is 0 Å². The minimum absolute atomic E-state index is 0.0517. The number of para-hydroxylation sites is 1. The quantitative estimate of drug-likeness (QED) is 0.525. The lowest BCUT2D eigenvalue weighted by Crippen LogP contribution is -2.20. The molecule has 0 unspecified atom stereocenters. The second kappa shape index (κ2) is 9.15. The van der Waals surface area contributed by atoms with Crippen molar-refractivity contribution in [1.82, 2.24) is 9.55 Å². The molecule has 5 nitrogen and oxygen atoms in total. The molecule has 0 fully saturated rings. The third-order valence-electron chi connectivity index (χ3n) is 5.02. The van der Waals surface area contributed by atoms with E-state index in [4.69, 9.17) is 0 Å². The predicted octanol–water partition coefficient (Wildman–Crippen LogP) is 5.30. The van der Waals surface area contributed by atoms with Crippen LogP contribution in [-0.2, 0) is 6.54 Å². The average Bonchev–Trinajstić information content (AvgIpc) is 3.02. The summed E-state index contributed by atoms with van der Waals surface area (Å²) < 4.78 is 1.68. The minimum atomic E-state index is -0.194. The Hall–Kier alpha value is -2.47. The summed E-state index contributed by atoms with van der Waals surface area (Å²) in [5.74, 6) is -0.194. The van der Waals surface area contributed by atoms with Gasteiger partial charge in [0.25, 0.3) is 11.5 Å². The van der Waals surface area contributed by atoms with Crippen molar-refractivity contribution in [3.63, 3.8) is 0 Å². The molecule has 3 aromatic rings. The summed E-state index contributed by atoms with van der Waals surface area (Å²) in [6, 6.07) is 7.65. The van der Waals surface area contributed by atoms with Crippen molar-refractivity contribution in [1.29, 1.82) is 0 Å². The Labute approximate surface area is 169 Å². The summed E-state index contributed by atoms with van der Waals surface area (Å²) in [5, 5.41) is 3.52. The van der Waals surface area contributed by atoms with Gasteiger partial charge in [0.15, 0.2) is 0 Å². The lowest BCUT2D eigenvalue weighted by Gasteiger charge is -2.07. The van der Waals surface area contributed by atoms with Gasteiger partial charge < -0.3 is 5.32 Å². The molecule has 3 rings (SSSR count). The zero-order chi connectivity index (χ0) is 20.1. The van der Waals surface area contributed by atoms with E-state index in [1.807, 2.05) is 38.1 Å². The Balaban J connectivity index is 1.82. The van der Waals surface area contributed by atoms with Crippen LogP contribution in [0.25, 0.3) is 10.2 Å². The first-order valence-corrected chi connectivity index (χ1v) is 10.7. The Kier molecular flexibility index (Phi) is 6.62. The van der Waals surface area contributed by atoms with Gasteiger partial charge in [-0.05, 0) is 37.5 Å². The third kappa shape index (κ3) is 4.33. The van der Waals surface area contributed by atoms with Crippen molar-refractivity contribution >= 4 is 33.1 Å². The number of carbonyl (C=O) groups excluding carboxylic acids is 1. The van der Waals surface area contributed by atoms with Crippen LogP contribution >= 0.6 is 11.3 Å². The first-order valence-electron chi connectivity index (χ1n) is 9.88. The van der Waals surface area contributed by atoms with Crippen molar-refractivity contribution in [3.8, 4) is 0 Å². The second-order valence-corrected chi connectivity index (χ2v) is 8.16. The molecule has 1 N–H and O–H groups in total. The second-order valence-electron chi connectivity index (χ2n) is 7.16. The number of benzene rings is 1. The van der Waals surface area contributed by atoms with Gasteiger partial charge in [-0.15, -0.1) is 11.3 Å². The highest BCUT2D eigenvalue weighted by Crippen LogP contribution is 2.28. The summed E-state index contributed by atoms with van der Waals surface area (Å²) in [5.41, 5.74) is 2.44. The number of carbonyl (C=O) groups is 1. The van der Waals surface area contributed by atoms with Gasteiger partial charge in [0, 0.05) is 12.2 Å². The molecule has 2 aromatic heterocycles. The first kappa shape index (κ1) is 20.3. The maximum absolute atomic E-state index is 12.9. The molecule has 2 heterocycles. The van der Waals surface area contributed by atoms with E-state index in [-0.39, 0.29) is 11.5 Å². The van der Waals surface area contributed by atoms with Gasteiger partial charge in [-0.25, -0.2) is 4.98 Å². The topological polar surface area (TPSA) is 64.0 Å². The van der Waals surface area contributed by atoms with Gasteiger partial charge in [-0.2, -0.15) is 0 Å². The zero-order valence-corrected chi connectivity index (χ0v) is 17.6. The van der Waals surface area contributed by atoms with Gasteiger partial charge in [-0.3, -0.25) is 14.2 Å². The van der Waals surface area contributed by atoms with E-state index in [9.17, 15) is 9.59 Å². The van der Waals surface area contributed by atoms with Crippen molar-refractivity contribution < 1.29 is 4.79 Å². The molecule has 0 saturated heterocycles. The Morgan fingerprint density at radius 3 is 2.64 bits per heavy atom. The fourth-order valence-corrected chi connectivity index (χ4v) is 4.35. The van der Waals surface area contributed by atoms with Gasteiger partial charge in [0.1, 0.15) is 4.83 Å². The van der Waals surface area contributed by atoms with Crippen molar-refractivity contribution in [2.24, 2.45) is 0 Å². The van der Waals surface area contributed by atoms with Crippen LogP contribution in [0, 0.1) is 13.8 Å². The van der Waals surface area contributed by atoms with E-state index >= 15 is 0 Å². The molecule has 28 heavy (non-hydrogen) atoms. The number of hydrogen-bond acceptors (Lipinski definition) is 4. The number of hydrogen-bond donors (Lipinski definition) is 1. The van der Waals surface area contributed by atoms with Crippen LogP contribution in [-0.4, -0.2) is 15.5 Å². The monoisotopic (exact) mass is 397 g/mol. The molecule has 0 bridgehead atoms. The number of nitrogens with zero attached hydrogens (tertiary/aromatic N) is 2. The van der Waals surface area contributed by atoms with Gasteiger partial charge in [0.05, 0.1) is 16.6 Å². The number of anilines is 1. The van der Waals surface area contributed by atoms with Crippen LogP contribution in [0.15, 0.2) is 35.4 Å². The molecular weight excluding hydrogens is 370 g/mol. The molecule has 0 aliphatic carbocycles. The highest BCUT2D eigenvalue weighted by molar-refractivity contribution is 7.20. The fraction of sp³-hybridized carbons (Fsp3) is 0.409. The first-order chi connectivity index (χ1) is 13.5. The fourth-order valence-electron chi connectivity index (χ4n) is 3.31. The van der Waals surface area contributed by atoms with Crippen molar-refractivity contribution in [2.45, 2.75) is 59.4 Å². The summed E-state index contributed by atoms with van der Waals surface area (Å²) in [6.07, 6.45) is 7.33. The lowest BCUT2D eigenvalue weighted by molar-refractivity contribution is 0.103. The molecule has 6 heteroatoms. The summed E-state index contributed by atoms with van der Waals surface area (Å²) in [4.78, 5) is 31.3. The molecule has 0 aliphatic heterocycles. The molecular formula is C22H27N3O2S. The predicted molar refractivity (Wildman–Crippen MR) is 117 cm³/mol. The normalized spacial score (nSPS) is 11.1. The number of fused-ring (bicyclic) bond motifs is 1. The smallest absolute Gasteiger partial charge is 0.266 e. The Bertz CT molecular complexity index is 1040. The molecule has 1 amide bonds. The van der Waals surface area contributed by atoms with E-state index in [2.05, 4.69) is 17.2 Å². The van der Waals surface area contributed by atoms with Crippen LogP contribution in [0.1, 0.15) is 59.8 Å². The maximum atomic E-state index is 12.9. The van der Waals surface area contributed by atoms with Crippen LogP contribution in [0.3, 0.4) is 0 Å². The SMILES string of the molecule is CCCCCCCn1cnc2sc(C(=O)Nc3ccccc3C)c(C)c2c1=O. The van der Waals surface area contributed by atoms with Crippen molar-refractivity contribution in [3.05, 3.63) is 57.0 Å². The number of aryl methyl sites for hydroxylation is 3. The highest BCUT2D eigenvalue weighted by Gasteiger charge is 2.20. The van der Waals surface area contributed by atoms with E-state index in [1.54, 1.807) is 10.9 Å². The number of nitrogens with one attached hydrogen (secondary N) is 1. The number of unbranched alkanes of at least 4 members (excludes halogenated alkanes) is 4. The molecule has 148 valence electrons. The van der Waals surface area contributed by atoms with E-state index in [1.165, 1.54) is 30.6 Å². The minimum Gasteiger partial charge on any atom is -0.321 e.